The minimum absolute atomic E-state index is 0.109. The number of hydrogen-bond donors (Lipinski definition) is 1. The fraction of sp³-hybridized carbons (Fsp3) is 0.111. The lowest BCUT2D eigenvalue weighted by Crippen LogP contribution is -2.21. The van der Waals surface area contributed by atoms with Gasteiger partial charge >= 0.3 is 0 Å². The highest BCUT2D eigenvalue weighted by molar-refractivity contribution is 6.12. The summed E-state index contributed by atoms with van der Waals surface area (Å²) in [4.78, 5) is 24.7. The molecule has 0 atom stereocenters. The van der Waals surface area contributed by atoms with Crippen LogP contribution in [0, 0.1) is 6.92 Å². The first-order chi connectivity index (χ1) is 10.6. The van der Waals surface area contributed by atoms with E-state index in [1.54, 1.807) is 31.4 Å². The first kappa shape index (κ1) is 14.1. The zero-order chi connectivity index (χ0) is 15.7. The minimum atomic E-state index is -0.226. The van der Waals surface area contributed by atoms with Gasteiger partial charge in [0.15, 0.2) is 0 Å². The molecule has 3 rings (SSSR count). The number of benzene rings is 2. The molecule has 0 bridgehead atoms. The summed E-state index contributed by atoms with van der Waals surface area (Å²) in [5, 5.41) is 4.08. The van der Waals surface area contributed by atoms with E-state index in [-0.39, 0.29) is 11.5 Å². The summed E-state index contributed by atoms with van der Waals surface area (Å²) in [5.74, 6) is -0.226. The number of aryl methyl sites for hydroxylation is 2. The van der Waals surface area contributed by atoms with Gasteiger partial charge in [-0.3, -0.25) is 9.59 Å². The maximum Gasteiger partial charge on any atom is 0.258 e. The molecule has 0 spiro atoms. The Morgan fingerprint density at radius 3 is 2.32 bits per heavy atom. The van der Waals surface area contributed by atoms with Gasteiger partial charge in [-0.15, -0.1) is 0 Å². The zero-order valence-corrected chi connectivity index (χ0v) is 12.5. The van der Waals surface area contributed by atoms with Crippen molar-refractivity contribution >= 4 is 22.4 Å². The topological polar surface area (TPSA) is 51.1 Å². The second-order valence-electron chi connectivity index (χ2n) is 5.32. The van der Waals surface area contributed by atoms with Gasteiger partial charge < -0.3 is 9.88 Å². The summed E-state index contributed by atoms with van der Waals surface area (Å²) in [6.45, 7) is 1.99. The zero-order valence-electron chi connectivity index (χ0n) is 12.5. The summed E-state index contributed by atoms with van der Waals surface area (Å²) in [5.41, 5.74) is 2.24. The molecule has 0 unspecified atom stereocenters. The van der Waals surface area contributed by atoms with E-state index in [0.717, 1.165) is 11.3 Å². The molecule has 3 aromatic rings. The summed E-state index contributed by atoms with van der Waals surface area (Å²) < 4.78 is 1.44. The number of rotatable bonds is 2. The summed E-state index contributed by atoms with van der Waals surface area (Å²) in [7, 11) is 1.65. The van der Waals surface area contributed by atoms with Gasteiger partial charge in [-0.1, -0.05) is 35.9 Å². The molecule has 0 saturated heterocycles. The average molecular weight is 292 g/mol. The number of hydrogen-bond acceptors (Lipinski definition) is 2. The number of carbonyl (C=O) groups is 1. The summed E-state index contributed by atoms with van der Waals surface area (Å²) in [6, 6.07) is 14.7. The van der Waals surface area contributed by atoms with Gasteiger partial charge in [-0.2, -0.15) is 0 Å². The first-order valence-corrected chi connectivity index (χ1v) is 7.02. The molecule has 4 heteroatoms. The van der Waals surface area contributed by atoms with Gasteiger partial charge in [-0.05, 0) is 25.1 Å². The molecule has 1 aromatic heterocycles. The van der Waals surface area contributed by atoms with E-state index in [9.17, 15) is 9.59 Å². The van der Waals surface area contributed by atoms with Gasteiger partial charge in [0.2, 0.25) is 0 Å². The summed E-state index contributed by atoms with van der Waals surface area (Å²) >= 11 is 0. The van der Waals surface area contributed by atoms with E-state index in [2.05, 4.69) is 5.32 Å². The smallest absolute Gasteiger partial charge is 0.258 e. The molecule has 110 valence electrons. The normalized spacial score (nSPS) is 10.6. The molecule has 1 heterocycles. The lowest BCUT2D eigenvalue weighted by Gasteiger charge is -2.10. The largest absolute Gasteiger partial charge is 0.322 e. The van der Waals surface area contributed by atoms with Crippen molar-refractivity contribution in [2.24, 2.45) is 7.05 Å². The molecular formula is C18H16N2O2. The van der Waals surface area contributed by atoms with Crippen molar-refractivity contribution in [2.75, 3.05) is 5.32 Å². The van der Waals surface area contributed by atoms with Crippen molar-refractivity contribution in [2.45, 2.75) is 6.92 Å². The maximum absolute atomic E-state index is 12.6. The maximum atomic E-state index is 12.6. The van der Waals surface area contributed by atoms with E-state index in [4.69, 9.17) is 0 Å². The van der Waals surface area contributed by atoms with Crippen molar-refractivity contribution < 1.29 is 4.79 Å². The van der Waals surface area contributed by atoms with Crippen LogP contribution in [-0.4, -0.2) is 10.5 Å². The quantitative estimate of drug-likeness (QED) is 0.789. The third-order valence-electron chi connectivity index (χ3n) is 3.64. The molecule has 1 amide bonds. The third-order valence-corrected chi connectivity index (χ3v) is 3.64. The van der Waals surface area contributed by atoms with Gasteiger partial charge in [0.1, 0.15) is 0 Å². The van der Waals surface area contributed by atoms with Crippen LogP contribution in [0.4, 0.5) is 5.69 Å². The molecule has 4 nitrogen and oxygen atoms in total. The number of carbonyl (C=O) groups excluding carboxylic acids is 1. The molecule has 0 radical (unpaired) electrons. The van der Waals surface area contributed by atoms with Crippen LogP contribution in [0.25, 0.3) is 10.8 Å². The van der Waals surface area contributed by atoms with Crippen LogP contribution in [0.15, 0.2) is 59.5 Å². The molecule has 0 aliphatic rings. The Labute approximate surface area is 128 Å². The average Bonchev–Trinajstić information content (AvgIpc) is 2.53. The number of aromatic nitrogens is 1. The van der Waals surface area contributed by atoms with Crippen LogP contribution in [0.2, 0.25) is 0 Å². The van der Waals surface area contributed by atoms with Crippen molar-refractivity contribution in [3.05, 3.63) is 76.2 Å². The Hall–Kier alpha value is -2.88. The Bertz CT molecular complexity index is 909. The highest BCUT2D eigenvalue weighted by Gasteiger charge is 2.13. The molecule has 0 fully saturated rings. The van der Waals surface area contributed by atoms with E-state index in [1.807, 2.05) is 37.3 Å². The first-order valence-electron chi connectivity index (χ1n) is 7.02. The van der Waals surface area contributed by atoms with Crippen molar-refractivity contribution in [3.8, 4) is 0 Å². The highest BCUT2D eigenvalue weighted by atomic mass is 16.2. The highest BCUT2D eigenvalue weighted by Crippen LogP contribution is 2.17. The number of amides is 1. The Kier molecular flexibility index (Phi) is 3.51. The predicted molar refractivity (Wildman–Crippen MR) is 88.3 cm³/mol. The number of fused-ring (bicyclic) bond motifs is 1. The van der Waals surface area contributed by atoms with Crippen LogP contribution >= 0.6 is 0 Å². The van der Waals surface area contributed by atoms with E-state index in [0.29, 0.717) is 16.3 Å². The van der Waals surface area contributed by atoms with E-state index < -0.39 is 0 Å². The van der Waals surface area contributed by atoms with Crippen LogP contribution in [0.1, 0.15) is 15.9 Å². The minimum Gasteiger partial charge on any atom is -0.322 e. The van der Waals surface area contributed by atoms with E-state index in [1.165, 1.54) is 4.57 Å². The standard InChI is InChI=1S/C18H16N2O2/c1-12-7-9-13(10-8-12)19-17(21)16-11-20(2)18(22)15-6-4-3-5-14(15)16/h3-11H,1-2H3,(H,19,21). The van der Waals surface area contributed by atoms with Crippen LogP contribution in [0.3, 0.4) is 0 Å². The second-order valence-corrected chi connectivity index (χ2v) is 5.32. The van der Waals surface area contributed by atoms with Crippen molar-refractivity contribution in [3.63, 3.8) is 0 Å². The Morgan fingerprint density at radius 2 is 1.64 bits per heavy atom. The molecule has 0 aliphatic carbocycles. The molecule has 0 aliphatic heterocycles. The van der Waals surface area contributed by atoms with Crippen LogP contribution in [0.5, 0.6) is 0 Å². The van der Waals surface area contributed by atoms with Gasteiger partial charge in [-0.25, -0.2) is 0 Å². The van der Waals surface area contributed by atoms with E-state index >= 15 is 0 Å². The number of nitrogens with one attached hydrogen (secondary N) is 1. The third kappa shape index (κ3) is 2.51. The summed E-state index contributed by atoms with van der Waals surface area (Å²) in [6.07, 6.45) is 1.58. The van der Waals surface area contributed by atoms with Crippen molar-refractivity contribution in [1.29, 1.82) is 0 Å². The second kappa shape index (κ2) is 5.48. The van der Waals surface area contributed by atoms with Gasteiger partial charge in [0.25, 0.3) is 11.5 Å². The monoisotopic (exact) mass is 292 g/mol. The Balaban J connectivity index is 2.06. The molecule has 22 heavy (non-hydrogen) atoms. The Morgan fingerprint density at radius 1 is 1.00 bits per heavy atom. The lowest BCUT2D eigenvalue weighted by atomic mass is 10.1. The van der Waals surface area contributed by atoms with Crippen LogP contribution < -0.4 is 10.9 Å². The predicted octanol–water partition coefficient (Wildman–Crippen LogP) is 3.10. The number of nitrogens with zero attached hydrogens (tertiary/aromatic N) is 1. The van der Waals surface area contributed by atoms with Crippen LogP contribution in [-0.2, 0) is 7.05 Å². The fourth-order valence-electron chi connectivity index (χ4n) is 2.43. The van der Waals surface area contributed by atoms with Crippen molar-refractivity contribution in [1.82, 2.24) is 4.57 Å². The SMILES string of the molecule is Cc1ccc(NC(=O)c2cn(C)c(=O)c3ccccc23)cc1. The lowest BCUT2D eigenvalue weighted by molar-refractivity contribution is 0.102. The van der Waals surface area contributed by atoms with Gasteiger partial charge in [0.05, 0.1) is 5.56 Å². The molecule has 0 saturated carbocycles. The molecule has 1 N–H and O–H groups in total. The number of pyridine rings is 1. The molecular weight excluding hydrogens is 276 g/mol. The van der Waals surface area contributed by atoms with Gasteiger partial charge in [0, 0.05) is 29.7 Å². The fourth-order valence-corrected chi connectivity index (χ4v) is 2.43. The number of anilines is 1. The molecule has 2 aromatic carbocycles.